The van der Waals surface area contributed by atoms with Gasteiger partial charge in [-0.3, -0.25) is 9.69 Å². The average Bonchev–Trinajstić information content (AvgIpc) is 2.99. The third-order valence-electron chi connectivity index (χ3n) is 4.14. The molecule has 3 rings (SSSR count). The molecule has 1 aromatic heterocycles. The van der Waals surface area contributed by atoms with Gasteiger partial charge in [0.1, 0.15) is 5.82 Å². The predicted molar refractivity (Wildman–Crippen MR) is 102 cm³/mol. The van der Waals surface area contributed by atoms with Crippen LogP contribution in [0.15, 0.2) is 41.8 Å². The first-order valence-corrected chi connectivity index (χ1v) is 9.11. The number of carbonyl (C=O) groups is 1. The fourth-order valence-corrected chi connectivity index (χ4v) is 3.70. The molecule has 4 nitrogen and oxygen atoms in total. The standard InChI is InChI=1S/C18H22FN3OS.ClH/c19-15-6-4-14(5-7-15)18(16-3-1-12-24-16)21-17(23)13-22-10-2-8-20-9-11-22;/h1,3-7,12,18,20H,2,8-11,13H2,(H,21,23);1H. The second kappa shape index (κ2) is 9.87. The Morgan fingerprint density at radius 3 is 2.76 bits per heavy atom. The normalized spacial score (nSPS) is 16.5. The van der Waals surface area contributed by atoms with Crippen molar-refractivity contribution in [1.29, 1.82) is 0 Å². The number of nitrogens with one attached hydrogen (secondary N) is 2. The Bertz CT molecular complexity index is 643. The van der Waals surface area contributed by atoms with Gasteiger partial charge < -0.3 is 10.6 Å². The first-order chi connectivity index (χ1) is 11.7. The number of hydrogen-bond acceptors (Lipinski definition) is 4. The lowest BCUT2D eigenvalue weighted by Crippen LogP contribution is -2.40. The maximum atomic E-state index is 13.2. The zero-order chi connectivity index (χ0) is 16.8. The van der Waals surface area contributed by atoms with Crippen molar-refractivity contribution < 1.29 is 9.18 Å². The molecule has 1 saturated heterocycles. The van der Waals surface area contributed by atoms with Crippen LogP contribution in [-0.4, -0.2) is 43.5 Å². The predicted octanol–water partition coefficient (Wildman–Crippen LogP) is 2.81. The van der Waals surface area contributed by atoms with Crippen LogP contribution >= 0.6 is 23.7 Å². The highest BCUT2D eigenvalue weighted by atomic mass is 35.5. The van der Waals surface area contributed by atoms with Crippen molar-refractivity contribution in [3.8, 4) is 0 Å². The second-order valence-corrected chi connectivity index (χ2v) is 6.93. The molecule has 1 atom stereocenters. The number of amides is 1. The minimum atomic E-state index is -0.271. The van der Waals surface area contributed by atoms with E-state index < -0.39 is 0 Å². The van der Waals surface area contributed by atoms with E-state index in [0.717, 1.165) is 43.0 Å². The molecule has 0 radical (unpaired) electrons. The Balaban J connectivity index is 0.00000225. The van der Waals surface area contributed by atoms with Gasteiger partial charge >= 0.3 is 0 Å². The number of nitrogens with zero attached hydrogens (tertiary/aromatic N) is 1. The Labute approximate surface area is 157 Å². The Kier molecular flexibility index (Phi) is 7.84. The molecule has 2 N–H and O–H groups in total. The van der Waals surface area contributed by atoms with Crippen molar-refractivity contribution >= 4 is 29.7 Å². The monoisotopic (exact) mass is 383 g/mol. The van der Waals surface area contributed by atoms with Gasteiger partial charge in [0.05, 0.1) is 12.6 Å². The number of halogens is 2. The molecule has 25 heavy (non-hydrogen) atoms. The van der Waals surface area contributed by atoms with E-state index in [1.165, 1.54) is 12.1 Å². The van der Waals surface area contributed by atoms with Gasteiger partial charge in [-0.05, 0) is 48.7 Å². The molecule has 2 heterocycles. The van der Waals surface area contributed by atoms with Crippen LogP contribution in [0.1, 0.15) is 22.9 Å². The molecule has 136 valence electrons. The van der Waals surface area contributed by atoms with Gasteiger partial charge in [0.25, 0.3) is 0 Å². The van der Waals surface area contributed by atoms with E-state index in [-0.39, 0.29) is 30.2 Å². The van der Waals surface area contributed by atoms with Gasteiger partial charge in [0, 0.05) is 18.0 Å². The summed E-state index contributed by atoms with van der Waals surface area (Å²) in [5.74, 6) is -0.272. The van der Waals surface area contributed by atoms with Crippen LogP contribution in [0.5, 0.6) is 0 Å². The van der Waals surface area contributed by atoms with Crippen LogP contribution in [-0.2, 0) is 4.79 Å². The van der Waals surface area contributed by atoms with E-state index in [1.807, 2.05) is 17.5 Å². The van der Waals surface area contributed by atoms with Gasteiger partial charge in [0.2, 0.25) is 5.91 Å². The molecular weight excluding hydrogens is 361 g/mol. The maximum absolute atomic E-state index is 13.2. The quantitative estimate of drug-likeness (QED) is 0.834. The van der Waals surface area contributed by atoms with Crippen molar-refractivity contribution in [3.63, 3.8) is 0 Å². The summed E-state index contributed by atoms with van der Waals surface area (Å²) in [6.07, 6.45) is 1.06. The Morgan fingerprint density at radius 2 is 2.04 bits per heavy atom. The third kappa shape index (κ3) is 5.78. The van der Waals surface area contributed by atoms with Crippen LogP contribution in [0.3, 0.4) is 0 Å². The molecule has 1 aliphatic rings. The lowest BCUT2D eigenvalue weighted by molar-refractivity contribution is -0.122. The molecule has 0 saturated carbocycles. The molecule has 1 aliphatic heterocycles. The van der Waals surface area contributed by atoms with E-state index in [9.17, 15) is 9.18 Å². The molecule has 0 aliphatic carbocycles. The van der Waals surface area contributed by atoms with Crippen molar-refractivity contribution in [3.05, 3.63) is 58.0 Å². The van der Waals surface area contributed by atoms with Gasteiger partial charge in [-0.25, -0.2) is 4.39 Å². The van der Waals surface area contributed by atoms with Crippen molar-refractivity contribution in [2.75, 3.05) is 32.7 Å². The first-order valence-electron chi connectivity index (χ1n) is 8.24. The minimum absolute atomic E-state index is 0. The van der Waals surface area contributed by atoms with E-state index in [2.05, 4.69) is 15.5 Å². The zero-order valence-electron chi connectivity index (χ0n) is 13.9. The molecule has 1 fully saturated rings. The summed E-state index contributed by atoms with van der Waals surface area (Å²) in [5, 5.41) is 8.43. The summed E-state index contributed by atoms with van der Waals surface area (Å²) in [4.78, 5) is 15.7. The van der Waals surface area contributed by atoms with E-state index in [1.54, 1.807) is 23.5 Å². The van der Waals surface area contributed by atoms with Gasteiger partial charge in [-0.2, -0.15) is 0 Å². The summed E-state index contributed by atoms with van der Waals surface area (Å²) in [6, 6.07) is 10.1. The molecule has 1 unspecified atom stereocenters. The highest BCUT2D eigenvalue weighted by Crippen LogP contribution is 2.26. The van der Waals surface area contributed by atoms with Gasteiger partial charge in [0.15, 0.2) is 0 Å². The third-order valence-corrected chi connectivity index (χ3v) is 5.07. The lowest BCUT2D eigenvalue weighted by atomic mass is 10.1. The minimum Gasteiger partial charge on any atom is -0.343 e. The topological polar surface area (TPSA) is 44.4 Å². The van der Waals surface area contributed by atoms with Crippen molar-refractivity contribution in [2.45, 2.75) is 12.5 Å². The molecule has 0 bridgehead atoms. The second-order valence-electron chi connectivity index (χ2n) is 5.95. The summed E-state index contributed by atoms with van der Waals surface area (Å²) < 4.78 is 13.2. The van der Waals surface area contributed by atoms with Crippen molar-refractivity contribution in [1.82, 2.24) is 15.5 Å². The van der Waals surface area contributed by atoms with Gasteiger partial charge in [-0.1, -0.05) is 18.2 Å². The smallest absolute Gasteiger partial charge is 0.234 e. The maximum Gasteiger partial charge on any atom is 0.234 e. The highest BCUT2D eigenvalue weighted by Gasteiger charge is 2.20. The Morgan fingerprint density at radius 1 is 1.24 bits per heavy atom. The fraction of sp³-hybridized carbons (Fsp3) is 0.389. The van der Waals surface area contributed by atoms with Crippen LogP contribution in [0, 0.1) is 5.82 Å². The van der Waals surface area contributed by atoms with Gasteiger partial charge in [-0.15, -0.1) is 23.7 Å². The molecule has 0 spiro atoms. The average molecular weight is 384 g/mol. The largest absolute Gasteiger partial charge is 0.343 e. The first kappa shape index (κ1) is 19.8. The fourth-order valence-electron chi connectivity index (χ4n) is 2.90. The molecule has 1 aromatic carbocycles. The van der Waals surface area contributed by atoms with Crippen LogP contribution in [0.25, 0.3) is 0 Å². The number of rotatable bonds is 5. The number of hydrogen-bond donors (Lipinski definition) is 2. The van der Waals surface area contributed by atoms with E-state index in [4.69, 9.17) is 0 Å². The molecule has 7 heteroatoms. The lowest BCUT2D eigenvalue weighted by Gasteiger charge is -2.22. The summed E-state index contributed by atoms with van der Waals surface area (Å²) in [6.45, 7) is 4.13. The van der Waals surface area contributed by atoms with Crippen LogP contribution in [0.4, 0.5) is 4.39 Å². The molecule has 1 amide bonds. The van der Waals surface area contributed by atoms with Crippen LogP contribution < -0.4 is 10.6 Å². The Hall–Kier alpha value is -1.47. The summed E-state index contributed by atoms with van der Waals surface area (Å²) in [5.41, 5.74) is 0.893. The van der Waals surface area contributed by atoms with E-state index >= 15 is 0 Å². The SMILES string of the molecule is Cl.O=C(CN1CCCNCC1)NC(c1ccc(F)cc1)c1cccs1. The van der Waals surface area contributed by atoms with E-state index in [0.29, 0.717) is 6.54 Å². The zero-order valence-corrected chi connectivity index (χ0v) is 15.5. The summed E-state index contributed by atoms with van der Waals surface area (Å²) in [7, 11) is 0. The summed E-state index contributed by atoms with van der Waals surface area (Å²) >= 11 is 1.59. The number of thiophene rings is 1. The number of benzene rings is 1. The van der Waals surface area contributed by atoms with Crippen molar-refractivity contribution in [2.24, 2.45) is 0 Å². The molecule has 2 aromatic rings. The molecular formula is C18H23ClFN3OS. The van der Waals surface area contributed by atoms with Crippen LogP contribution in [0.2, 0.25) is 0 Å². The highest BCUT2D eigenvalue weighted by molar-refractivity contribution is 7.10. The number of carbonyl (C=O) groups excluding carboxylic acids is 1.